The maximum absolute atomic E-state index is 12.8. The van der Waals surface area contributed by atoms with Crippen molar-refractivity contribution in [3.63, 3.8) is 0 Å². The number of aromatic nitrogens is 3. The Hall–Kier alpha value is -3.14. The van der Waals surface area contributed by atoms with Gasteiger partial charge in [0.15, 0.2) is 0 Å². The first kappa shape index (κ1) is 21.7. The molecule has 8 nitrogen and oxygen atoms in total. The number of nitrogens with zero attached hydrogens (tertiary/aromatic N) is 5. The second-order valence-electron chi connectivity index (χ2n) is 7.53. The molecule has 168 valence electrons. The zero-order valence-corrected chi connectivity index (χ0v) is 19.6. The molecule has 0 N–H and O–H groups in total. The Morgan fingerprint density at radius 3 is 2.64 bits per heavy atom. The summed E-state index contributed by atoms with van der Waals surface area (Å²) in [6.45, 7) is 0.189. The number of fused-ring (bicyclic) bond motifs is 2. The van der Waals surface area contributed by atoms with Crippen LogP contribution in [0.25, 0.3) is 16.6 Å². The molecule has 1 aliphatic heterocycles. The monoisotopic (exact) mass is 501 g/mol. The number of benzene rings is 2. The minimum atomic E-state index is -3.88. The predicted octanol–water partition coefficient (Wildman–Crippen LogP) is 4.01. The molecular weight excluding hydrogens is 485 g/mol. The van der Waals surface area contributed by atoms with Crippen LogP contribution in [0, 0.1) is 0 Å². The number of hydrogen-bond donors (Lipinski definition) is 0. The highest BCUT2D eigenvalue weighted by Crippen LogP contribution is 2.35. The maximum Gasteiger partial charge on any atom is 0.269 e. The average Bonchev–Trinajstić information content (AvgIpc) is 3.41. The highest BCUT2D eigenvalue weighted by Gasteiger charge is 2.40. The number of carbonyl (C=O) groups excluding carboxylic acids is 1. The van der Waals surface area contributed by atoms with Gasteiger partial charge in [0.1, 0.15) is 10.7 Å². The van der Waals surface area contributed by atoms with E-state index in [-0.39, 0.29) is 23.5 Å². The highest BCUT2D eigenvalue weighted by atomic mass is 35.5. The van der Waals surface area contributed by atoms with Crippen molar-refractivity contribution in [3.8, 4) is 5.69 Å². The van der Waals surface area contributed by atoms with Crippen LogP contribution in [-0.4, -0.2) is 53.3 Å². The lowest BCUT2D eigenvalue weighted by atomic mass is 10.1. The Kier molecular flexibility index (Phi) is 5.27. The van der Waals surface area contributed by atoms with Crippen molar-refractivity contribution >= 4 is 55.9 Å². The Balaban J connectivity index is 1.49. The summed E-state index contributed by atoms with van der Waals surface area (Å²) in [6.07, 6.45) is 5.12. The van der Waals surface area contributed by atoms with Gasteiger partial charge in [0, 0.05) is 37.4 Å². The summed E-state index contributed by atoms with van der Waals surface area (Å²) < 4.78 is 28.4. The van der Waals surface area contributed by atoms with Crippen LogP contribution < -0.4 is 4.90 Å². The first-order valence-electron chi connectivity index (χ1n) is 9.93. The normalized spacial score (nSPS) is 14.6. The molecule has 33 heavy (non-hydrogen) atoms. The van der Waals surface area contributed by atoms with Gasteiger partial charge in [-0.15, -0.1) is 0 Å². The number of amides is 1. The van der Waals surface area contributed by atoms with Crippen molar-refractivity contribution < 1.29 is 13.2 Å². The molecule has 0 radical (unpaired) electrons. The quantitative estimate of drug-likeness (QED) is 0.410. The molecule has 0 saturated carbocycles. The number of pyridine rings is 1. The second-order valence-corrected chi connectivity index (χ2v) is 10.1. The van der Waals surface area contributed by atoms with E-state index in [4.69, 9.17) is 23.2 Å². The zero-order chi connectivity index (χ0) is 23.3. The lowest BCUT2D eigenvalue weighted by Crippen LogP contribution is -2.37. The first-order chi connectivity index (χ1) is 15.8. The fourth-order valence-electron chi connectivity index (χ4n) is 3.82. The predicted molar refractivity (Wildman–Crippen MR) is 127 cm³/mol. The van der Waals surface area contributed by atoms with Crippen LogP contribution in [-0.2, 0) is 10.0 Å². The van der Waals surface area contributed by atoms with Crippen molar-refractivity contribution in [2.45, 2.75) is 4.90 Å². The number of rotatable bonds is 5. The van der Waals surface area contributed by atoms with Crippen molar-refractivity contribution in [3.05, 3.63) is 76.8 Å². The largest absolute Gasteiger partial charge is 0.358 e. The van der Waals surface area contributed by atoms with E-state index in [1.807, 2.05) is 16.7 Å². The lowest BCUT2D eigenvalue weighted by molar-refractivity contribution is 0.0873. The van der Waals surface area contributed by atoms with Gasteiger partial charge in [0.25, 0.3) is 15.9 Å². The number of anilines is 1. The van der Waals surface area contributed by atoms with Gasteiger partial charge in [-0.25, -0.2) is 22.7 Å². The van der Waals surface area contributed by atoms with Crippen molar-refractivity contribution in [1.82, 2.24) is 18.8 Å². The Bertz CT molecular complexity index is 1510. The molecule has 3 heterocycles. The minimum Gasteiger partial charge on any atom is -0.358 e. The standard InChI is InChI=1S/C22H17Cl2N5O3S/c1-27(10-11-29-22(30)15-4-2-3-5-18(15)33(29,31)32)19-12-17(28-9-8-25-13-28)14-6-7-16(23)20(24)21(14)26-19/h2-9,12-13H,10-11H2,1H3. The molecule has 0 bridgehead atoms. The van der Waals surface area contributed by atoms with E-state index in [9.17, 15) is 13.2 Å². The molecule has 0 atom stereocenters. The van der Waals surface area contributed by atoms with Crippen LogP contribution in [0.15, 0.2) is 66.1 Å². The van der Waals surface area contributed by atoms with Gasteiger partial charge in [-0.1, -0.05) is 35.3 Å². The molecule has 0 spiro atoms. The third-order valence-electron chi connectivity index (χ3n) is 5.56. The van der Waals surface area contributed by atoms with Crippen LogP contribution in [0.1, 0.15) is 10.4 Å². The van der Waals surface area contributed by atoms with Gasteiger partial charge in [0.2, 0.25) is 0 Å². The number of carbonyl (C=O) groups is 1. The Morgan fingerprint density at radius 2 is 1.91 bits per heavy atom. The highest BCUT2D eigenvalue weighted by molar-refractivity contribution is 7.90. The van der Waals surface area contributed by atoms with Crippen molar-refractivity contribution in [2.24, 2.45) is 0 Å². The van der Waals surface area contributed by atoms with E-state index in [1.54, 1.807) is 48.9 Å². The van der Waals surface area contributed by atoms with E-state index in [0.717, 1.165) is 15.4 Å². The number of hydrogen-bond acceptors (Lipinski definition) is 6. The molecule has 0 fully saturated rings. The van der Waals surface area contributed by atoms with Crippen molar-refractivity contribution in [2.75, 3.05) is 25.0 Å². The zero-order valence-electron chi connectivity index (χ0n) is 17.3. The molecule has 1 amide bonds. The number of halogens is 2. The van der Waals surface area contributed by atoms with E-state index < -0.39 is 15.9 Å². The third-order valence-corrected chi connectivity index (χ3v) is 8.20. The summed E-state index contributed by atoms with van der Waals surface area (Å²) in [7, 11) is -2.11. The van der Waals surface area contributed by atoms with Crippen molar-refractivity contribution in [1.29, 1.82) is 0 Å². The molecule has 2 aromatic heterocycles. The number of imidazole rings is 1. The number of likely N-dealkylation sites (N-methyl/N-ethyl adjacent to an activating group) is 1. The summed E-state index contributed by atoms with van der Waals surface area (Å²) in [5, 5.41) is 1.48. The van der Waals surface area contributed by atoms with Gasteiger partial charge in [-0.2, -0.15) is 0 Å². The van der Waals surface area contributed by atoms with Crippen LogP contribution in [0.4, 0.5) is 5.82 Å². The molecular formula is C22H17Cl2N5O3S. The van der Waals surface area contributed by atoms with E-state index >= 15 is 0 Å². The molecule has 0 aliphatic carbocycles. The van der Waals surface area contributed by atoms with Gasteiger partial charge < -0.3 is 9.47 Å². The summed E-state index contributed by atoms with van der Waals surface area (Å²) >= 11 is 12.7. The molecule has 0 saturated heterocycles. The SMILES string of the molecule is CN(CCN1C(=O)c2ccccc2S1(=O)=O)c1cc(-n2ccnc2)c2ccc(Cl)c(Cl)c2n1. The fourth-order valence-corrected chi connectivity index (χ4v) is 5.74. The smallest absolute Gasteiger partial charge is 0.269 e. The van der Waals surface area contributed by atoms with Crippen LogP contribution in [0.2, 0.25) is 10.0 Å². The van der Waals surface area contributed by atoms with Gasteiger partial charge >= 0.3 is 0 Å². The maximum atomic E-state index is 12.8. The topological polar surface area (TPSA) is 88.4 Å². The minimum absolute atomic E-state index is 0.0320. The van der Waals surface area contributed by atoms with E-state index in [0.29, 0.717) is 21.4 Å². The lowest BCUT2D eigenvalue weighted by Gasteiger charge is -2.23. The summed E-state index contributed by atoms with van der Waals surface area (Å²) in [6, 6.07) is 11.6. The molecule has 0 unspecified atom stereocenters. The van der Waals surface area contributed by atoms with Gasteiger partial charge in [-0.3, -0.25) is 4.79 Å². The average molecular weight is 502 g/mol. The van der Waals surface area contributed by atoms with Crippen LogP contribution >= 0.6 is 23.2 Å². The molecule has 2 aromatic carbocycles. The fraction of sp³-hybridized carbons (Fsp3) is 0.136. The van der Waals surface area contributed by atoms with Crippen LogP contribution in [0.3, 0.4) is 0 Å². The Labute approximate surface area is 200 Å². The van der Waals surface area contributed by atoms with E-state index in [2.05, 4.69) is 9.97 Å². The summed E-state index contributed by atoms with van der Waals surface area (Å²) in [4.78, 5) is 23.3. The van der Waals surface area contributed by atoms with E-state index in [1.165, 1.54) is 12.1 Å². The second kappa shape index (κ2) is 8.02. The summed E-state index contributed by atoms with van der Waals surface area (Å²) in [5.41, 5.74) is 1.48. The molecule has 1 aliphatic rings. The molecule has 4 aromatic rings. The van der Waals surface area contributed by atoms with Crippen LogP contribution in [0.5, 0.6) is 0 Å². The number of sulfonamides is 1. The molecule has 11 heteroatoms. The molecule has 5 rings (SSSR count). The van der Waals surface area contributed by atoms with Gasteiger partial charge in [0.05, 0.1) is 39.7 Å². The summed E-state index contributed by atoms with van der Waals surface area (Å²) in [5.74, 6) is 0.0105. The van der Waals surface area contributed by atoms with Gasteiger partial charge in [-0.05, 0) is 24.3 Å². The Morgan fingerprint density at radius 1 is 1.12 bits per heavy atom. The third kappa shape index (κ3) is 3.52. The first-order valence-corrected chi connectivity index (χ1v) is 12.1.